The first-order valence-electron chi connectivity index (χ1n) is 23.9. The molecule has 0 atom stereocenters. The van der Waals surface area contributed by atoms with E-state index in [0.29, 0.717) is 17.6 Å². The van der Waals surface area contributed by atoms with Gasteiger partial charge in [-0.3, -0.25) is 4.57 Å². The average molecular weight is 945 g/mol. The lowest BCUT2D eigenvalue weighted by atomic mass is 10.0. The molecule has 340 valence electrons. The molecule has 0 radical (unpaired) electrons. The van der Waals surface area contributed by atoms with Crippen LogP contribution in [-0.4, -0.2) is 37.1 Å². The van der Waals surface area contributed by atoms with Gasteiger partial charge in [-0.25, -0.2) is 13.4 Å². The Morgan fingerprint density at radius 2 is 0.764 bits per heavy atom. The lowest BCUT2D eigenvalue weighted by Gasteiger charge is -2.12. The molecule has 0 aliphatic carbocycles. The zero-order valence-electron chi connectivity index (χ0n) is 38.5. The van der Waals surface area contributed by atoms with Crippen LogP contribution in [-0.2, 0) is 9.84 Å². The molecule has 0 unspecified atom stereocenters. The third-order valence-corrected chi connectivity index (χ3v) is 15.7. The highest BCUT2D eigenvalue weighted by molar-refractivity contribution is 7.91. The summed E-state index contributed by atoms with van der Waals surface area (Å²) in [6.45, 7) is 0. The van der Waals surface area contributed by atoms with Crippen LogP contribution in [0.4, 0.5) is 0 Å². The van der Waals surface area contributed by atoms with Crippen LogP contribution in [0, 0.1) is 0 Å². The summed E-state index contributed by atoms with van der Waals surface area (Å²) in [5.41, 5.74) is 11.9. The fourth-order valence-electron chi connectivity index (χ4n) is 10.6. The molecule has 0 N–H and O–H groups in total. The summed E-state index contributed by atoms with van der Waals surface area (Å²) < 4.78 is 35.5. The van der Waals surface area contributed by atoms with E-state index in [0.717, 1.165) is 99.0 Å². The van der Waals surface area contributed by atoms with Gasteiger partial charge in [0.15, 0.2) is 11.6 Å². The summed E-state index contributed by atoms with van der Waals surface area (Å²) in [6, 6.07) is 80.9. The van der Waals surface area contributed by atoms with Crippen molar-refractivity contribution in [2.24, 2.45) is 0 Å². The maximum Gasteiger partial charge on any atom is 0.238 e. The Bertz CT molecular complexity index is 4490. The number of para-hydroxylation sites is 4. The minimum atomic E-state index is -3.87. The molecule has 0 saturated carbocycles. The number of fused-ring (bicyclic) bond motifs is 10. The smallest absolute Gasteiger partial charge is 0.238 e. The monoisotopic (exact) mass is 944 g/mol. The summed E-state index contributed by atoms with van der Waals surface area (Å²) in [5, 5.41) is 6.62. The van der Waals surface area contributed by atoms with Crippen molar-refractivity contribution in [3.8, 4) is 51.2 Å². The van der Waals surface area contributed by atoms with Crippen molar-refractivity contribution in [3.05, 3.63) is 243 Å². The zero-order chi connectivity index (χ0) is 47.9. The van der Waals surface area contributed by atoms with E-state index >= 15 is 0 Å². The number of rotatable bonds is 8. The number of hydrogen-bond donors (Lipinski definition) is 0. The number of hydrogen-bond acceptors (Lipinski definition) is 5. The van der Waals surface area contributed by atoms with Gasteiger partial charge in [0.1, 0.15) is 0 Å². The predicted molar refractivity (Wildman–Crippen MR) is 291 cm³/mol. The Labute approximate surface area is 413 Å². The molecule has 0 amide bonds. The van der Waals surface area contributed by atoms with Crippen LogP contribution >= 0.6 is 0 Å². The first kappa shape index (κ1) is 41.5. The molecule has 4 aromatic heterocycles. The van der Waals surface area contributed by atoms with Gasteiger partial charge in [-0.1, -0.05) is 158 Å². The van der Waals surface area contributed by atoms with Gasteiger partial charge >= 0.3 is 0 Å². The highest BCUT2D eigenvalue weighted by Crippen LogP contribution is 2.42. The third-order valence-electron chi connectivity index (χ3n) is 13.9. The Balaban J connectivity index is 0.827. The molecule has 0 saturated heterocycles. The normalized spacial score (nSPS) is 12.0. The van der Waals surface area contributed by atoms with Gasteiger partial charge in [0.2, 0.25) is 15.8 Å². The van der Waals surface area contributed by atoms with E-state index in [2.05, 4.69) is 129 Å². The van der Waals surface area contributed by atoms with Gasteiger partial charge < -0.3 is 9.13 Å². The maximum atomic E-state index is 14.4. The second-order valence-corrected chi connectivity index (χ2v) is 20.0. The fraction of sp³-hybridized carbons (Fsp3) is 0. The summed E-state index contributed by atoms with van der Waals surface area (Å²) >= 11 is 0. The van der Waals surface area contributed by atoms with Gasteiger partial charge in [0.25, 0.3) is 0 Å². The number of sulfone groups is 1. The average Bonchev–Trinajstić information content (AvgIpc) is 4.09. The molecule has 8 nitrogen and oxygen atoms in total. The minimum Gasteiger partial charge on any atom is -0.309 e. The molecule has 10 aromatic carbocycles. The van der Waals surface area contributed by atoms with Gasteiger partial charge in [0, 0.05) is 54.8 Å². The highest BCUT2D eigenvalue weighted by Gasteiger charge is 2.23. The van der Waals surface area contributed by atoms with Crippen LogP contribution < -0.4 is 0 Å². The van der Waals surface area contributed by atoms with E-state index in [-0.39, 0.29) is 9.79 Å². The van der Waals surface area contributed by atoms with E-state index in [1.165, 1.54) is 0 Å². The molecule has 14 rings (SSSR count). The van der Waals surface area contributed by atoms with Crippen molar-refractivity contribution < 1.29 is 8.42 Å². The van der Waals surface area contributed by atoms with Crippen molar-refractivity contribution in [1.82, 2.24) is 28.7 Å². The molecule has 0 aliphatic rings. The molecule has 0 aliphatic heterocycles. The standard InChI is InChI=1S/C63H40N6O2S/c70-72(71,48-35-31-46(32-36-48)68-54-25-13-10-22-49(54)51-37-39-58-59(60(51)68)52-24-12-15-27-56(52)67(58)45-20-8-3-9-21-45)47-33-28-41(29-34-47)44-30-38-57-53(40-44)50-23-11-14-26-55(50)69(57)63-65-61(42-16-4-1-5-17-42)64-62(66-63)43-18-6-2-7-19-43/h1-40H. The van der Waals surface area contributed by atoms with Gasteiger partial charge in [0.05, 0.1) is 42.9 Å². The van der Waals surface area contributed by atoms with Crippen molar-refractivity contribution in [1.29, 1.82) is 0 Å². The van der Waals surface area contributed by atoms with Crippen LogP contribution in [0.3, 0.4) is 0 Å². The largest absolute Gasteiger partial charge is 0.309 e. The van der Waals surface area contributed by atoms with E-state index in [4.69, 9.17) is 15.0 Å². The maximum absolute atomic E-state index is 14.4. The third kappa shape index (κ3) is 6.52. The van der Waals surface area contributed by atoms with Crippen LogP contribution in [0.2, 0.25) is 0 Å². The first-order valence-corrected chi connectivity index (χ1v) is 25.3. The number of benzene rings is 10. The molecule has 72 heavy (non-hydrogen) atoms. The highest BCUT2D eigenvalue weighted by atomic mass is 32.2. The fourth-order valence-corrected chi connectivity index (χ4v) is 11.9. The van der Waals surface area contributed by atoms with E-state index in [9.17, 15) is 8.42 Å². The van der Waals surface area contributed by atoms with E-state index in [1.54, 1.807) is 24.3 Å². The Kier molecular flexibility index (Phi) is 9.42. The quantitative estimate of drug-likeness (QED) is 0.151. The van der Waals surface area contributed by atoms with Gasteiger partial charge in [-0.15, -0.1) is 0 Å². The van der Waals surface area contributed by atoms with Crippen LogP contribution in [0.1, 0.15) is 0 Å². The van der Waals surface area contributed by atoms with E-state index < -0.39 is 9.84 Å². The molecule has 9 heteroatoms. The Morgan fingerprint density at radius 3 is 1.39 bits per heavy atom. The van der Waals surface area contributed by atoms with Crippen molar-refractivity contribution >= 4 is 75.3 Å². The van der Waals surface area contributed by atoms with Crippen LogP contribution in [0.25, 0.3) is 117 Å². The Hall–Kier alpha value is -9.44. The van der Waals surface area contributed by atoms with Crippen molar-refractivity contribution in [2.45, 2.75) is 9.79 Å². The van der Waals surface area contributed by atoms with E-state index in [1.807, 2.05) is 103 Å². The summed E-state index contributed by atoms with van der Waals surface area (Å²) in [7, 11) is -3.87. The zero-order valence-corrected chi connectivity index (χ0v) is 39.3. The van der Waals surface area contributed by atoms with Crippen LogP contribution in [0.15, 0.2) is 252 Å². The van der Waals surface area contributed by atoms with Gasteiger partial charge in [-0.05, 0) is 96.1 Å². The molecule has 14 aromatic rings. The lowest BCUT2D eigenvalue weighted by molar-refractivity contribution is 0.596. The lowest BCUT2D eigenvalue weighted by Crippen LogP contribution is -2.06. The SMILES string of the molecule is O=S(=O)(c1ccc(-c2ccc3c(c2)c2ccccc2n3-c2nc(-c3ccccc3)nc(-c3ccccc3)n2)cc1)c1ccc(-n2c3ccccc3c3ccc4c(c5ccccc5n4-c4ccccc4)c32)cc1. The summed E-state index contributed by atoms with van der Waals surface area (Å²) in [4.78, 5) is 15.5. The second-order valence-electron chi connectivity index (χ2n) is 18.0. The number of nitrogens with zero attached hydrogens (tertiary/aromatic N) is 6. The molecular weight excluding hydrogens is 905 g/mol. The Morgan fingerprint density at radius 1 is 0.306 bits per heavy atom. The topological polar surface area (TPSA) is 87.6 Å². The van der Waals surface area contributed by atoms with Crippen LogP contribution in [0.5, 0.6) is 0 Å². The molecule has 0 spiro atoms. The first-order chi connectivity index (χ1) is 35.5. The van der Waals surface area contributed by atoms with Gasteiger partial charge in [-0.2, -0.15) is 9.97 Å². The summed E-state index contributed by atoms with van der Waals surface area (Å²) in [5.74, 6) is 1.69. The molecule has 0 fully saturated rings. The molecule has 0 bridgehead atoms. The molecule has 4 heterocycles. The van der Waals surface area contributed by atoms with Crippen molar-refractivity contribution in [3.63, 3.8) is 0 Å². The number of aromatic nitrogens is 6. The second kappa shape index (κ2) is 16.3. The predicted octanol–water partition coefficient (Wildman–Crippen LogP) is 15.0. The molecular formula is C63H40N6O2S. The van der Waals surface area contributed by atoms with Crippen molar-refractivity contribution in [2.75, 3.05) is 0 Å². The minimum absolute atomic E-state index is 0.224. The summed E-state index contributed by atoms with van der Waals surface area (Å²) in [6.07, 6.45) is 0.